The highest BCUT2D eigenvalue weighted by Crippen LogP contribution is 2.20. The highest BCUT2D eigenvalue weighted by molar-refractivity contribution is 7.80. The first-order chi connectivity index (χ1) is 8.97. The molecular weight excluding hydrogens is 256 g/mol. The maximum absolute atomic E-state index is 9.94. The average molecular weight is 278 g/mol. The smallest absolute Gasteiger partial charge is 0.103 e. The summed E-state index contributed by atoms with van der Waals surface area (Å²) in [6.45, 7) is 6.89. The molecule has 0 saturated carbocycles. The Labute approximate surface area is 120 Å². The molecule has 0 bridgehead atoms. The molecule has 104 valence electrons. The minimum atomic E-state index is -0.204. The molecule has 1 fully saturated rings. The number of rotatable bonds is 3. The van der Waals surface area contributed by atoms with Crippen LogP contribution in [0, 0.1) is 12.8 Å². The second-order valence-corrected chi connectivity index (χ2v) is 6.01. The third-order valence-electron chi connectivity index (χ3n) is 4.02. The zero-order valence-corrected chi connectivity index (χ0v) is 12.4. The fourth-order valence-electron chi connectivity index (χ4n) is 2.53. The Hall–Kier alpha value is -0.970. The molecule has 2 unspecified atom stereocenters. The Morgan fingerprint density at radius 1 is 1.53 bits per heavy atom. The largest absolute Gasteiger partial charge is 0.392 e. The summed E-state index contributed by atoms with van der Waals surface area (Å²) < 4.78 is 0. The maximum Gasteiger partial charge on any atom is 0.103 e. The number of thiocarbonyl (C=S) groups is 1. The first kappa shape index (κ1) is 14.4. The predicted molar refractivity (Wildman–Crippen MR) is 82.1 cm³/mol. The van der Waals surface area contributed by atoms with Crippen molar-refractivity contribution in [2.45, 2.75) is 32.9 Å². The van der Waals surface area contributed by atoms with Gasteiger partial charge in [0.15, 0.2) is 0 Å². The van der Waals surface area contributed by atoms with Crippen molar-refractivity contribution in [3.63, 3.8) is 0 Å². The third kappa shape index (κ3) is 3.53. The van der Waals surface area contributed by atoms with Crippen LogP contribution < -0.4 is 5.73 Å². The molecule has 3 nitrogen and oxygen atoms in total. The SMILES string of the molecule is Cc1cc(C(N)=S)ccc1CN1CCC(C)C(O)C1. The lowest BCUT2D eigenvalue weighted by atomic mass is 9.95. The molecule has 1 aromatic carbocycles. The number of aliphatic hydroxyl groups is 1. The summed E-state index contributed by atoms with van der Waals surface area (Å²) in [7, 11) is 0. The van der Waals surface area contributed by atoms with Crippen LogP contribution in [0.2, 0.25) is 0 Å². The zero-order chi connectivity index (χ0) is 14.0. The lowest BCUT2D eigenvalue weighted by Gasteiger charge is -2.34. The number of aryl methyl sites for hydroxylation is 1. The number of nitrogens with two attached hydrogens (primary N) is 1. The molecule has 19 heavy (non-hydrogen) atoms. The molecule has 1 saturated heterocycles. The average Bonchev–Trinajstić information content (AvgIpc) is 2.36. The van der Waals surface area contributed by atoms with E-state index in [1.807, 2.05) is 12.1 Å². The highest BCUT2D eigenvalue weighted by Gasteiger charge is 2.24. The van der Waals surface area contributed by atoms with Gasteiger partial charge in [0, 0.05) is 18.7 Å². The van der Waals surface area contributed by atoms with Crippen LogP contribution >= 0.6 is 12.2 Å². The summed E-state index contributed by atoms with van der Waals surface area (Å²) in [5.74, 6) is 0.411. The summed E-state index contributed by atoms with van der Waals surface area (Å²) in [5.41, 5.74) is 9.04. The van der Waals surface area contributed by atoms with E-state index >= 15 is 0 Å². The minimum absolute atomic E-state index is 0.204. The number of aliphatic hydroxyl groups excluding tert-OH is 1. The highest BCUT2D eigenvalue weighted by atomic mass is 32.1. The number of likely N-dealkylation sites (tertiary alicyclic amines) is 1. The van der Waals surface area contributed by atoms with Crippen molar-refractivity contribution in [3.8, 4) is 0 Å². The van der Waals surface area contributed by atoms with Crippen LogP contribution in [0.5, 0.6) is 0 Å². The minimum Gasteiger partial charge on any atom is -0.392 e. The van der Waals surface area contributed by atoms with Crippen molar-refractivity contribution in [2.75, 3.05) is 13.1 Å². The van der Waals surface area contributed by atoms with E-state index in [9.17, 15) is 5.11 Å². The van der Waals surface area contributed by atoms with Gasteiger partial charge in [-0.15, -0.1) is 0 Å². The van der Waals surface area contributed by atoms with Gasteiger partial charge in [-0.1, -0.05) is 31.3 Å². The molecule has 1 aromatic rings. The second-order valence-electron chi connectivity index (χ2n) is 5.57. The molecule has 0 aliphatic carbocycles. The Morgan fingerprint density at radius 3 is 2.84 bits per heavy atom. The number of piperidine rings is 1. The van der Waals surface area contributed by atoms with Crippen molar-refractivity contribution >= 4 is 17.2 Å². The summed E-state index contributed by atoms with van der Waals surface area (Å²) in [4.78, 5) is 2.75. The number of hydrogen-bond donors (Lipinski definition) is 2. The van der Waals surface area contributed by atoms with Gasteiger partial charge >= 0.3 is 0 Å². The lowest BCUT2D eigenvalue weighted by molar-refractivity contribution is 0.0258. The normalized spacial score (nSPS) is 24.4. The van der Waals surface area contributed by atoms with E-state index in [2.05, 4.69) is 24.8 Å². The standard InChI is InChI=1S/C15H22N2OS/c1-10-5-6-17(9-14(10)18)8-13-4-3-12(15(16)19)7-11(13)2/h3-4,7,10,14,18H,5-6,8-9H2,1-2H3,(H2,16,19). The Balaban J connectivity index is 2.05. The van der Waals surface area contributed by atoms with Crippen molar-refractivity contribution in [3.05, 3.63) is 34.9 Å². The van der Waals surface area contributed by atoms with Crippen LogP contribution in [0.3, 0.4) is 0 Å². The zero-order valence-electron chi connectivity index (χ0n) is 11.6. The van der Waals surface area contributed by atoms with Gasteiger partial charge in [0.25, 0.3) is 0 Å². The van der Waals surface area contributed by atoms with Crippen LogP contribution in [0.15, 0.2) is 18.2 Å². The van der Waals surface area contributed by atoms with Crippen LogP contribution in [0.4, 0.5) is 0 Å². The number of benzene rings is 1. The van der Waals surface area contributed by atoms with Crippen LogP contribution in [0.25, 0.3) is 0 Å². The lowest BCUT2D eigenvalue weighted by Crippen LogP contribution is -2.42. The van der Waals surface area contributed by atoms with Crippen molar-refractivity contribution < 1.29 is 5.11 Å². The monoisotopic (exact) mass is 278 g/mol. The van der Waals surface area contributed by atoms with Gasteiger partial charge in [0.05, 0.1) is 6.10 Å². The third-order valence-corrected chi connectivity index (χ3v) is 4.26. The maximum atomic E-state index is 9.94. The number of hydrogen-bond acceptors (Lipinski definition) is 3. The van der Waals surface area contributed by atoms with Gasteiger partial charge in [0.1, 0.15) is 4.99 Å². The van der Waals surface area contributed by atoms with Gasteiger partial charge < -0.3 is 10.8 Å². The van der Waals surface area contributed by atoms with E-state index in [1.54, 1.807) is 0 Å². The van der Waals surface area contributed by atoms with Gasteiger partial charge in [0.2, 0.25) is 0 Å². The van der Waals surface area contributed by atoms with Gasteiger partial charge in [-0.25, -0.2) is 0 Å². The number of β-amino-alcohol motifs (C(OH)–C–C–N with tert-alkyl or cyclic N) is 1. The molecular formula is C15H22N2OS. The van der Waals surface area contributed by atoms with E-state index in [0.717, 1.165) is 31.6 Å². The molecule has 1 aliphatic heterocycles. The second kappa shape index (κ2) is 5.99. The van der Waals surface area contributed by atoms with Gasteiger partial charge in [-0.2, -0.15) is 0 Å². The predicted octanol–water partition coefficient (Wildman–Crippen LogP) is 1.83. The van der Waals surface area contributed by atoms with E-state index in [0.29, 0.717) is 10.9 Å². The first-order valence-corrected chi connectivity index (χ1v) is 7.18. The topological polar surface area (TPSA) is 49.5 Å². The summed E-state index contributed by atoms with van der Waals surface area (Å²) in [6.07, 6.45) is 0.857. The summed E-state index contributed by atoms with van der Waals surface area (Å²) in [6, 6.07) is 6.11. The molecule has 4 heteroatoms. The van der Waals surface area contributed by atoms with Gasteiger partial charge in [-0.05, 0) is 43.0 Å². The molecule has 2 atom stereocenters. The van der Waals surface area contributed by atoms with Gasteiger partial charge in [-0.3, -0.25) is 4.90 Å². The van der Waals surface area contributed by atoms with E-state index < -0.39 is 0 Å². The van der Waals surface area contributed by atoms with E-state index in [4.69, 9.17) is 18.0 Å². The van der Waals surface area contributed by atoms with Crippen molar-refractivity contribution in [2.24, 2.45) is 11.7 Å². The molecule has 1 heterocycles. The molecule has 0 spiro atoms. The van der Waals surface area contributed by atoms with Crippen molar-refractivity contribution in [1.82, 2.24) is 4.90 Å². The molecule has 0 radical (unpaired) electrons. The number of nitrogens with zero attached hydrogens (tertiary/aromatic N) is 1. The summed E-state index contributed by atoms with van der Waals surface area (Å²) in [5, 5.41) is 9.94. The molecule has 3 N–H and O–H groups in total. The Bertz CT molecular complexity index is 475. The molecule has 0 amide bonds. The van der Waals surface area contributed by atoms with Crippen molar-refractivity contribution in [1.29, 1.82) is 0 Å². The summed E-state index contributed by atoms with van der Waals surface area (Å²) >= 11 is 4.99. The quantitative estimate of drug-likeness (QED) is 0.828. The molecule has 2 rings (SSSR count). The molecule has 0 aromatic heterocycles. The first-order valence-electron chi connectivity index (χ1n) is 6.77. The van der Waals surface area contributed by atoms with E-state index in [1.165, 1.54) is 11.1 Å². The van der Waals surface area contributed by atoms with Crippen LogP contribution in [-0.2, 0) is 6.54 Å². The molecule has 1 aliphatic rings. The fourth-order valence-corrected chi connectivity index (χ4v) is 2.65. The Morgan fingerprint density at radius 2 is 2.26 bits per heavy atom. The fraction of sp³-hybridized carbons (Fsp3) is 0.533. The van der Waals surface area contributed by atoms with E-state index in [-0.39, 0.29) is 6.10 Å². The van der Waals surface area contributed by atoms with Crippen LogP contribution in [-0.4, -0.2) is 34.2 Å². The Kier molecular flexibility index (Phi) is 4.55. The van der Waals surface area contributed by atoms with Crippen LogP contribution in [0.1, 0.15) is 30.0 Å².